The zero-order valence-electron chi connectivity index (χ0n) is 13.1. The fraction of sp³-hybridized carbons (Fsp3) is 0.444. The predicted molar refractivity (Wildman–Crippen MR) is 92.2 cm³/mol. The van der Waals surface area contributed by atoms with Crippen molar-refractivity contribution in [3.05, 3.63) is 35.2 Å². The molecule has 1 N–H and O–H groups in total. The highest BCUT2D eigenvalue weighted by atomic mass is 32.1. The first-order valence-electron chi connectivity index (χ1n) is 8.00. The second-order valence-corrected chi connectivity index (χ2v) is 7.14. The van der Waals surface area contributed by atoms with Crippen molar-refractivity contribution >= 4 is 22.4 Å². The second kappa shape index (κ2) is 6.61. The van der Waals surface area contributed by atoms with Crippen molar-refractivity contribution in [1.29, 1.82) is 0 Å². The summed E-state index contributed by atoms with van der Waals surface area (Å²) < 4.78 is 0. The van der Waals surface area contributed by atoms with Crippen LogP contribution in [0.2, 0.25) is 0 Å². The van der Waals surface area contributed by atoms with Crippen molar-refractivity contribution in [1.82, 2.24) is 4.98 Å². The van der Waals surface area contributed by atoms with Gasteiger partial charge in [-0.2, -0.15) is 0 Å². The van der Waals surface area contributed by atoms with Gasteiger partial charge in [0.1, 0.15) is 0 Å². The molecule has 0 aliphatic heterocycles. The standard InChI is InChI=1S/C18H22N2OS/c1-12(2)13-7-9-14(10-8-13)16-11-22-18(19-16)20-17(21)15-5-3-4-6-15/h7-12,15H,3-6H2,1-2H3,(H,19,20,21). The van der Waals surface area contributed by atoms with Crippen molar-refractivity contribution in [2.24, 2.45) is 5.92 Å². The molecule has 0 radical (unpaired) electrons. The molecule has 1 amide bonds. The molecule has 1 saturated carbocycles. The highest BCUT2D eigenvalue weighted by Gasteiger charge is 2.23. The molecule has 116 valence electrons. The highest BCUT2D eigenvalue weighted by molar-refractivity contribution is 7.14. The molecule has 3 nitrogen and oxygen atoms in total. The van der Waals surface area contributed by atoms with Gasteiger partial charge >= 0.3 is 0 Å². The number of carbonyl (C=O) groups excluding carboxylic acids is 1. The Balaban J connectivity index is 1.69. The molecule has 0 spiro atoms. The van der Waals surface area contributed by atoms with E-state index in [-0.39, 0.29) is 11.8 Å². The van der Waals surface area contributed by atoms with Crippen LogP contribution in [0.5, 0.6) is 0 Å². The number of hydrogen-bond acceptors (Lipinski definition) is 3. The third-order valence-corrected chi connectivity index (χ3v) is 5.09. The molecule has 1 aliphatic carbocycles. The monoisotopic (exact) mass is 314 g/mol. The average Bonchev–Trinajstić information content (AvgIpc) is 3.19. The zero-order chi connectivity index (χ0) is 15.5. The minimum atomic E-state index is 0.133. The van der Waals surface area contributed by atoms with Crippen LogP contribution in [0.4, 0.5) is 5.13 Å². The molecule has 1 aromatic heterocycles. The fourth-order valence-electron chi connectivity index (χ4n) is 2.90. The number of rotatable bonds is 4. The summed E-state index contributed by atoms with van der Waals surface area (Å²) in [6.07, 6.45) is 4.37. The van der Waals surface area contributed by atoms with Gasteiger partial charge in [-0.15, -0.1) is 11.3 Å². The summed E-state index contributed by atoms with van der Waals surface area (Å²) in [5, 5.41) is 5.69. The Kier molecular flexibility index (Phi) is 4.57. The summed E-state index contributed by atoms with van der Waals surface area (Å²) in [4.78, 5) is 16.7. The first kappa shape index (κ1) is 15.2. The van der Waals surface area contributed by atoms with Crippen LogP contribution in [0.15, 0.2) is 29.6 Å². The average molecular weight is 314 g/mol. The minimum Gasteiger partial charge on any atom is -0.302 e. The number of hydrogen-bond donors (Lipinski definition) is 1. The maximum absolute atomic E-state index is 12.1. The molecule has 0 bridgehead atoms. The van der Waals surface area contributed by atoms with Crippen LogP contribution in [0, 0.1) is 5.92 Å². The Hall–Kier alpha value is -1.68. The normalized spacial score (nSPS) is 15.4. The van der Waals surface area contributed by atoms with Gasteiger partial charge in [0.05, 0.1) is 5.69 Å². The Bertz CT molecular complexity index is 639. The second-order valence-electron chi connectivity index (χ2n) is 6.29. The van der Waals surface area contributed by atoms with Gasteiger partial charge in [0.15, 0.2) is 5.13 Å². The highest BCUT2D eigenvalue weighted by Crippen LogP contribution is 2.29. The van der Waals surface area contributed by atoms with Gasteiger partial charge in [0.2, 0.25) is 5.91 Å². The van der Waals surface area contributed by atoms with Crippen LogP contribution in [-0.2, 0) is 4.79 Å². The maximum atomic E-state index is 12.1. The van der Waals surface area contributed by atoms with E-state index in [1.54, 1.807) is 0 Å². The quantitative estimate of drug-likeness (QED) is 0.856. The van der Waals surface area contributed by atoms with Crippen LogP contribution in [0.1, 0.15) is 51.0 Å². The smallest absolute Gasteiger partial charge is 0.229 e. The van der Waals surface area contributed by atoms with Gasteiger partial charge in [-0.05, 0) is 24.3 Å². The van der Waals surface area contributed by atoms with E-state index in [2.05, 4.69) is 48.4 Å². The molecule has 2 aromatic rings. The summed E-state index contributed by atoms with van der Waals surface area (Å²) in [7, 11) is 0. The molecule has 0 saturated heterocycles. The van der Waals surface area contributed by atoms with Crippen LogP contribution >= 0.6 is 11.3 Å². The minimum absolute atomic E-state index is 0.133. The summed E-state index contributed by atoms with van der Waals surface area (Å²) in [5.74, 6) is 0.844. The number of aromatic nitrogens is 1. The predicted octanol–water partition coefficient (Wildman–Crippen LogP) is 5.06. The van der Waals surface area contributed by atoms with E-state index in [9.17, 15) is 4.79 Å². The molecule has 1 aromatic carbocycles. The van der Waals surface area contributed by atoms with Gasteiger partial charge in [-0.1, -0.05) is 51.0 Å². The first-order valence-corrected chi connectivity index (χ1v) is 8.88. The molecule has 3 rings (SSSR count). The number of carbonyl (C=O) groups is 1. The van der Waals surface area contributed by atoms with Crippen LogP contribution in [0.25, 0.3) is 11.3 Å². The van der Waals surface area contributed by atoms with E-state index in [1.807, 2.05) is 5.38 Å². The number of nitrogens with zero attached hydrogens (tertiary/aromatic N) is 1. The van der Waals surface area contributed by atoms with Crippen molar-refractivity contribution in [2.75, 3.05) is 5.32 Å². The molecule has 1 aliphatic rings. The largest absolute Gasteiger partial charge is 0.302 e. The first-order chi connectivity index (χ1) is 10.6. The third kappa shape index (κ3) is 3.38. The van der Waals surface area contributed by atoms with Gasteiger partial charge < -0.3 is 5.32 Å². The van der Waals surface area contributed by atoms with E-state index in [4.69, 9.17) is 0 Å². The molecule has 1 fully saturated rings. The Morgan fingerprint density at radius 3 is 2.55 bits per heavy atom. The van der Waals surface area contributed by atoms with E-state index in [0.717, 1.165) is 24.1 Å². The Morgan fingerprint density at radius 2 is 1.91 bits per heavy atom. The van der Waals surface area contributed by atoms with Crippen LogP contribution in [-0.4, -0.2) is 10.9 Å². The van der Waals surface area contributed by atoms with E-state index >= 15 is 0 Å². The lowest BCUT2D eigenvalue weighted by Crippen LogP contribution is -2.20. The Labute approximate surface area is 135 Å². The van der Waals surface area contributed by atoms with E-state index in [1.165, 1.54) is 29.7 Å². The van der Waals surface area contributed by atoms with Crippen LogP contribution in [0.3, 0.4) is 0 Å². The topological polar surface area (TPSA) is 42.0 Å². The van der Waals surface area contributed by atoms with E-state index < -0.39 is 0 Å². The molecule has 1 heterocycles. The molecule has 4 heteroatoms. The fourth-order valence-corrected chi connectivity index (χ4v) is 3.62. The summed E-state index contributed by atoms with van der Waals surface area (Å²) >= 11 is 1.50. The summed E-state index contributed by atoms with van der Waals surface area (Å²) in [6.45, 7) is 4.38. The number of thiazole rings is 1. The molecular weight excluding hydrogens is 292 g/mol. The Morgan fingerprint density at radius 1 is 1.23 bits per heavy atom. The lowest BCUT2D eigenvalue weighted by Gasteiger charge is -2.07. The number of nitrogens with one attached hydrogen (secondary N) is 1. The SMILES string of the molecule is CC(C)c1ccc(-c2csc(NC(=O)C3CCCC3)n2)cc1. The lowest BCUT2D eigenvalue weighted by molar-refractivity contribution is -0.119. The third-order valence-electron chi connectivity index (χ3n) is 4.33. The summed E-state index contributed by atoms with van der Waals surface area (Å²) in [5.41, 5.74) is 3.36. The zero-order valence-corrected chi connectivity index (χ0v) is 14.0. The molecular formula is C18H22N2OS. The van der Waals surface area contributed by atoms with Gasteiger partial charge in [-0.25, -0.2) is 4.98 Å². The van der Waals surface area contributed by atoms with Crippen LogP contribution < -0.4 is 5.32 Å². The lowest BCUT2D eigenvalue weighted by atomic mass is 10.0. The summed E-state index contributed by atoms with van der Waals surface area (Å²) in [6, 6.07) is 8.51. The van der Waals surface area contributed by atoms with Gasteiger partial charge in [-0.3, -0.25) is 4.79 Å². The van der Waals surface area contributed by atoms with E-state index in [0.29, 0.717) is 11.0 Å². The number of benzene rings is 1. The van der Waals surface area contributed by atoms with Gasteiger partial charge in [0, 0.05) is 16.9 Å². The molecule has 22 heavy (non-hydrogen) atoms. The van der Waals surface area contributed by atoms with Crippen molar-refractivity contribution in [3.8, 4) is 11.3 Å². The van der Waals surface area contributed by atoms with Gasteiger partial charge in [0.25, 0.3) is 0 Å². The number of amides is 1. The maximum Gasteiger partial charge on any atom is 0.229 e. The van der Waals surface area contributed by atoms with Crippen molar-refractivity contribution in [3.63, 3.8) is 0 Å². The van der Waals surface area contributed by atoms with Crippen molar-refractivity contribution < 1.29 is 4.79 Å². The molecule has 0 atom stereocenters. The molecule has 0 unspecified atom stereocenters. The number of anilines is 1. The van der Waals surface area contributed by atoms with Crippen molar-refractivity contribution in [2.45, 2.75) is 45.4 Å².